The van der Waals surface area contributed by atoms with E-state index in [1.54, 1.807) is 147 Å². The molecule has 4 atom stereocenters. The van der Waals surface area contributed by atoms with E-state index < -0.39 is 81.0 Å². The van der Waals surface area contributed by atoms with Gasteiger partial charge in [-0.2, -0.15) is 10.5 Å². The molecule has 0 spiro atoms. The Balaban J connectivity index is 0.000000184. The number of amides is 4. The maximum Gasteiger partial charge on any atom is 0.335 e. The number of carbonyl (C=O) groups is 13. The number of aromatic carboxylic acids is 1. The van der Waals surface area contributed by atoms with Crippen molar-refractivity contribution in [2.24, 2.45) is 0 Å². The van der Waals surface area contributed by atoms with Crippen molar-refractivity contribution in [1.29, 1.82) is 10.5 Å². The van der Waals surface area contributed by atoms with Crippen LogP contribution >= 0.6 is 22.6 Å². The predicted molar refractivity (Wildman–Crippen MR) is 502 cm³/mol. The normalized spacial score (nSPS) is 18.1. The average molecular weight is 1900 g/mol. The van der Waals surface area contributed by atoms with Crippen molar-refractivity contribution < 1.29 is 90.8 Å². The topological polar surface area (TPSA) is 359 Å². The van der Waals surface area contributed by atoms with Crippen molar-refractivity contribution in [1.82, 2.24) is 9.80 Å². The van der Waals surface area contributed by atoms with Crippen LogP contribution in [0.4, 0.5) is 20.2 Å². The number of para-hydroxylation sites is 2. The van der Waals surface area contributed by atoms with Crippen molar-refractivity contribution in [2.45, 2.75) is 255 Å². The zero-order chi connectivity index (χ0) is 95.9. The van der Waals surface area contributed by atoms with Gasteiger partial charge in [-0.3, -0.25) is 57.5 Å². The number of rotatable bonds is 20. The van der Waals surface area contributed by atoms with Crippen LogP contribution in [0.25, 0.3) is 0 Å². The number of likely N-dealkylation sites (tertiary alicyclic amines) is 2. The number of aliphatic carboxylic acids is 1. The Morgan fingerprint density at radius 2 is 0.687 bits per heavy atom. The minimum Gasteiger partial charge on any atom is -0.481 e. The number of carboxylic acids is 2. The van der Waals surface area contributed by atoms with E-state index in [-0.39, 0.29) is 96.1 Å². The van der Waals surface area contributed by atoms with E-state index in [0.29, 0.717) is 83.3 Å². The Morgan fingerprint density at radius 3 is 0.992 bits per heavy atom. The first-order valence-electron chi connectivity index (χ1n) is 44.2. The summed E-state index contributed by atoms with van der Waals surface area (Å²) in [6.07, 6.45) is 10.1. The largest absolute Gasteiger partial charge is 0.481 e. The minimum atomic E-state index is -1.33. The smallest absolute Gasteiger partial charge is 0.335 e. The number of hydrogen-bond acceptors (Lipinski definition) is 17. The van der Waals surface area contributed by atoms with E-state index in [0.717, 1.165) is 95.6 Å². The number of hydrogen-bond donors (Lipinski definition) is 4. The number of ether oxygens (including phenoxy) is 2. The van der Waals surface area contributed by atoms with E-state index in [2.05, 4.69) is 33.2 Å². The molecule has 6 aliphatic rings. The van der Waals surface area contributed by atoms with Crippen molar-refractivity contribution >= 4 is 110 Å². The van der Waals surface area contributed by atoms with Crippen LogP contribution in [0.1, 0.15) is 293 Å². The molecular formula is C105H115F2IN6O17. The first kappa shape index (κ1) is 102. The molecule has 688 valence electrons. The predicted octanol–water partition coefficient (Wildman–Crippen LogP) is 19.9. The van der Waals surface area contributed by atoms with Gasteiger partial charge in [0.05, 0.1) is 69.2 Å². The fraction of sp³-hybridized carbons (Fsp3) is 0.400. The number of esters is 2. The fourth-order valence-electron chi connectivity index (χ4n) is 17.7. The Labute approximate surface area is 778 Å². The summed E-state index contributed by atoms with van der Waals surface area (Å²) in [4.78, 5) is 160. The molecule has 131 heavy (non-hydrogen) atoms. The molecule has 14 rings (SSSR count). The maximum atomic E-state index is 14.5. The van der Waals surface area contributed by atoms with Crippen molar-refractivity contribution in [3.63, 3.8) is 0 Å². The van der Waals surface area contributed by atoms with Gasteiger partial charge in [-0.1, -0.05) is 197 Å². The molecule has 0 bridgehead atoms. The van der Waals surface area contributed by atoms with Gasteiger partial charge in [-0.05, 0) is 226 Å². The highest BCUT2D eigenvalue weighted by Gasteiger charge is 2.53. The molecule has 4 saturated carbocycles. The van der Waals surface area contributed by atoms with Crippen LogP contribution < -0.4 is 10.6 Å². The summed E-state index contributed by atoms with van der Waals surface area (Å²) in [5, 5.41) is 42.6. The number of nitriles is 2. The molecule has 23 nitrogen and oxygen atoms in total. The molecule has 0 radical (unpaired) electrons. The van der Waals surface area contributed by atoms with Crippen LogP contribution in [0.2, 0.25) is 0 Å². The molecule has 2 aliphatic heterocycles. The third-order valence-electron chi connectivity index (χ3n) is 24.7. The van der Waals surface area contributed by atoms with Gasteiger partial charge >= 0.3 is 23.9 Å². The van der Waals surface area contributed by atoms with Gasteiger partial charge < -0.3 is 40.1 Å². The van der Waals surface area contributed by atoms with Crippen LogP contribution in [0.3, 0.4) is 0 Å². The van der Waals surface area contributed by atoms with Crippen LogP contribution in [0, 0.1) is 26.2 Å². The third-order valence-corrected chi connectivity index (χ3v) is 25.4. The van der Waals surface area contributed by atoms with Gasteiger partial charge in [0.2, 0.25) is 23.6 Å². The molecule has 8 aromatic carbocycles. The number of ketones is 5. The molecular weight excluding hydrogens is 1780 g/mol. The molecule has 4 aliphatic carbocycles. The average Bonchev–Trinajstić information content (AvgIpc) is 1.63. The second-order valence-corrected chi connectivity index (χ2v) is 37.5. The van der Waals surface area contributed by atoms with Crippen molar-refractivity contribution in [2.75, 3.05) is 23.7 Å². The van der Waals surface area contributed by atoms with E-state index in [9.17, 15) is 91.8 Å². The number of benzene rings is 8. The first-order chi connectivity index (χ1) is 62.0. The first-order valence-corrected chi connectivity index (χ1v) is 45.3. The summed E-state index contributed by atoms with van der Waals surface area (Å²) in [6, 6.07) is 57.5. The van der Waals surface area contributed by atoms with Crippen LogP contribution in [-0.2, 0) is 71.1 Å². The Kier molecular flexibility index (Phi) is 35.3. The highest BCUT2D eigenvalue weighted by molar-refractivity contribution is 14.1. The molecule has 26 heteroatoms. The van der Waals surface area contributed by atoms with Gasteiger partial charge in [0.25, 0.3) is 0 Å². The number of halogens is 3. The SMILES string of the molecule is CC(=O)c1ccc(C2(C(=O)N3C[C@H](F)C[C@@H]3C(=O)Nc3ccccc3C#N)CCCC2)cc1.CC(=O)c1ccc(C2(C(=O)O)CCCC2)cc1.CC(=O)c1ccc(C2(C(=O)OC(C)(C)C)CCCC2)cc1.CC(=O)c1ccc(CC(=O)OC(C)(C)C)cc1.CC(=O)c1ccc(I)cc1.N#Cc1ccccc1NC(=O)[C@H]1C[C@@H](F)CN1C(=O)C1(c2ccc(C(=O)O)cc2)CCCC1. The lowest BCUT2D eigenvalue weighted by Gasteiger charge is -2.35. The number of alkyl halides is 2. The number of anilines is 2. The summed E-state index contributed by atoms with van der Waals surface area (Å²) in [7, 11) is 0. The Bertz CT molecular complexity index is 5370. The number of carbonyl (C=O) groups excluding carboxylic acids is 11. The maximum absolute atomic E-state index is 14.5. The quantitative estimate of drug-likeness (QED) is 0.0313. The minimum absolute atomic E-state index is 0.00680. The van der Waals surface area contributed by atoms with E-state index in [4.69, 9.17) is 9.47 Å². The van der Waals surface area contributed by atoms with Gasteiger partial charge in [0.1, 0.15) is 47.8 Å². The number of carboxylic acid groups (broad SMARTS) is 2. The Hall–Kier alpha value is -12.6. The number of nitrogens with zero attached hydrogens (tertiary/aromatic N) is 4. The van der Waals surface area contributed by atoms with Gasteiger partial charge in [0, 0.05) is 44.2 Å². The summed E-state index contributed by atoms with van der Waals surface area (Å²) in [5.74, 6) is -3.63. The zero-order valence-electron chi connectivity index (χ0n) is 76.1. The molecule has 2 heterocycles. The highest BCUT2D eigenvalue weighted by atomic mass is 127. The molecule has 0 unspecified atom stereocenters. The van der Waals surface area contributed by atoms with Crippen LogP contribution in [-0.4, -0.2) is 145 Å². The molecule has 0 aromatic heterocycles. The van der Waals surface area contributed by atoms with Gasteiger partial charge in [0.15, 0.2) is 28.9 Å². The molecule has 2 saturated heterocycles. The summed E-state index contributed by atoms with van der Waals surface area (Å²) < 4.78 is 41.0. The van der Waals surface area contributed by atoms with E-state index in [1.165, 1.54) is 42.7 Å². The molecule has 8 aromatic rings. The lowest BCUT2D eigenvalue weighted by molar-refractivity contribution is -0.162. The number of Topliss-reactive ketones (excluding diaryl/α,β-unsaturated/α-hetero) is 5. The van der Waals surface area contributed by atoms with Crippen molar-refractivity contribution in [3.05, 3.63) is 270 Å². The zero-order valence-corrected chi connectivity index (χ0v) is 78.2. The second kappa shape index (κ2) is 45.3. The summed E-state index contributed by atoms with van der Waals surface area (Å²) >= 11 is 2.21. The van der Waals surface area contributed by atoms with E-state index >= 15 is 0 Å². The lowest BCUT2D eigenvalue weighted by Crippen LogP contribution is -2.51. The Morgan fingerprint density at radius 1 is 0.405 bits per heavy atom. The van der Waals surface area contributed by atoms with E-state index in [1.807, 2.05) is 102 Å². The highest BCUT2D eigenvalue weighted by Crippen LogP contribution is 2.48. The van der Waals surface area contributed by atoms with Crippen LogP contribution in [0.15, 0.2) is 194 Å². The summed E-state index contributed by atoms with van der Waals surface area (Å²) in [6.45, 7) is 18.5. The van der Waals surface area contributed by atoms with Crippen LogP contribution in [0.5, 0.6) is 0 Å². The van der Waals surface area contributed by atoms with Crippen molar-refractivity contribution in [3.8, 4) is 12.1 Å². The van der Waals surface area contributed by atoms with Gasteiger partial charge in [-0.15, -0.1) is 0 Å². The molecule has 6 fully saturated rings. The molecule has 4 amide bonds. The second-order valence-electron chi connectivity index (χ2n) is 36.2. The number of nitrogens with one attached hydrogen (secondary N) is 2. The molecule has 4 N–H and O–H groups in total. The standard InChI is InChI=1S/C26H26FN3O3.C25H24FN3O4.C18H24O3.C14H16O3.C14H18O3.C8H7IO/c1-17(31)18-8-10-20(11-9-18)26(12-4-5-13-26)25(33)30-16-21(27)14-23(30)24(32)29-22-7-3-2-6-19(22)15-28;26-19-13-21(22(30)28-20-6-2-1-5-17(20)14-27)29(15-19)24(33)25(11-3-4-12-25)18-9-7-16(8-10-18)23(31)32;1-13(19)14-7-9-15(10-8-14)18(11-5-6-12-18)16(20)21-17(2,3)4;1-10(15)11-4-6-12(7-5-11)14(13(16)17)8-2-3-9-14;1-10(15)12-7-5-11(6-8-12)9-13(16)17-14(2,3)4;1-6(10)7-2-4-8(9)5-3-7/h2-3,6-11,21,23H,4-5,12-14,16H2,1H3,(H,29,32);1-2,5-10,19,21H,3-4,11-13,15H2,(H,28,30)(H,31,32);7-10H,5-6,11-12H2,1-4H3;4-7H,2-3,8-9H2,1H3,(H,16,17);5-8H,9H2,1-4H3;2-5H,1H3/t21-,23-;19-,21-;;;;/m11..../s1. The monoisotopic (exact) mass is 1900 g/mol. The lowest BCUT2D eigenvalue weighted by atomic mass is 9.77. The third kappa shape index (κ3) is 26.4. The fourth-order valence-corrected chi connectivity index (χ4v) is 18.1. The summed E-state index contributed by atoms with van der Waals surface area (Å²) in [5.41, 5.74) is 4.86. The van der Waals surface area contributed by atoms with Gasteiger partial charge in [-0.25, -0.2) is 13.6 Å².